The van der Waals surface area contributed by atoms with Gasteiger partial charge in [0.15, 0.2) is 5.78 Å². The fourth-order valence-corrected chi connectivity index (χ4v) is 7.26. The van der Waals surface area contributed by atoms with Crippen molar-refractivity contribution in [2.75, 3.05) is 4.90 Å². The first kappa shape index (κ1) is 27.2. The number of hydrogen-bond acceptors (Lipinski definition) is 5. The van der Waals surface area contributed by atoms with Crippen molar-refractivity contribution in [1.82, 2.24) is 0 Å². The van der Waals surface area contributed by atoms with Crippen LogP contribution < -0.4 is 10.6 Å². The van der Waals surface area contributed by atoms with Crippen molar-refractivity contribution in [3.05, 3.63) is 129 Å². The van der Waals surface area contributed by atoms with Gasteiger partial charge < -0.3 is 5.73 Å². The molecule has 6 rings (SSSR count). The average molecular weight is 576 g/mol. The Hall–Kier alpha value is -3.98. The number of ketones is 1. The van der Waals surface area contributed by atoms with Gasteiger partial charge in [-0.15, -0.1) is 11.8 Å². The zero-order valence-electron chi connectivity index (χ0n) is 23.1. The van der Waals surface area contributed by atoms with Gasteiger partial charge in [-0.05, 0) is 79.1 Å². The van der Waals surface area contributed by atoms with E-state index in [-0.39, 0.29) is 5.78 Å². The predicted molar refractivity (Wildman–Crippen MR) is 169 cm³/mol. The molecule has 2 N–H and O–H groups in total. The minimum absolute atomic E-state index is 0.0970. The molecule has 0 fully saturated rings. The molecule has 0 saturated heterocycles. The second-order valence-electron chi connectivity index (χ2n) is 10.7. The maximum absolute atomic E-state index is 13.8. The summed E-state index contributed by atoms with van der Waals surface area (Å²) < 4.78 is 0. The highest BCUT2D eigenvalue weighted by atomic mass is 35.5. The van der Waals surface area contributed by atoms with Crippen molar-refractivity contribution in [1.29, 1.82) is 5.26 Å². The number of nitriles is 1. The fraction of sp³-hybridized carbons (Fsp3) is 0.200. The van der Waals surface area contributed by atoms with Crippen LogP contribution in [0.3, 0.4) is 0 Å². The van der Waals surface area contributed by atoms with Crippen molar-refractivity contribution >= 4 is 45.6 Å². The number of benzene rings is 4. The number of rotatable bonds is 5. The summed E-state index contributed by atoms with van der Waals surface area (Å²) in [6.45, 7) is 4.17. The summed E-state index contributed by atoms with van der Waals surface area (Å²) in [5.74, 6) is 0.769. The molecule has 204 valence electrons. The summed E-state index contributed by atoms with van der Waals surface area (Å²) in [5.41, 5.74) is 14.2. The summed E-state index contributed by atoms with van der Waals surface area (Å²) in [6, 6.07) is 28.9. The topological polar surface area (TPSA) is 70.1 Å². The molecule has 0 aromatic heterocycles. The first-order chi connectivity index (χ1) is 19.9. The third-order valence-corrected chi connectivity index (χ3v) is 9.45. The van der Waals surface area contributed by atoms with Gasteiger partial charge >= 0.3 is 0 Å². The summed E-state index contributed by atoms with van der Waals surface area (Å²) in [6.07, 6.45) is 1.96. The highest BCUT2D eigenvalue weighted by molar-refractivity contribution is 7.98. The Morgan fingerprint density at radius 3 is 2.56 bits per heavy atom. The Kier molecular flexibility index (Phi) is 7.38. The molecule has 41 heavy (non-hydrogen) atoms. The Morgan fingerprint density at radius 2 is 1.78 bits per heavy atom. The molecule has 1 atom stereocenters. The molecule has 4 nitrogen and oxygen atoms in total. The molecule has 1 unspecified atom stereocenters. The number of allylic oxidation sites excluding steroid dienone is 3. The Morgan fingerprint density at radius 1 is 1.02 bits per heavy atom. The minimum Gasteiger partial charge on any atom is -0.384 e. The number of Topliss-reactive ketones (excluding diaryl/α,β-unsaturated/α-hetero) is 1. The van der Waals surface area contributed by atoms with E-state index >= 15 is 0 Å². The van der Waals surface area contributed by atoms with Crippen molar-refractivity contribution < 1.29 is 4.79 Å². The van der Waals surface area contributed by atoms with E-state index in [0.717, 1.165) is 62.3 Å². The Bertz CT molecular complexity index is 1790. The van der Waals surface area contributed by atoms with Crippen molar-refractivity contribution in [3.63, 3.8) is 0 Å². The quantitative estimate of drug-likeness (QED) is 0.241. The van der Waals surface area contributed by atoms with E-state index in [1.807, 2.05) is 53.4 Å². The van der Waals surface area contributed by atoms with Crippen molar-refractivity contribution in [3.8, 4) is 6.07 Å². The van der Waals surface area contributed by atoms with Crippen LogP contribution in [-0.4, -0.2) is 5.78 Å². The minimum atomic E-state index is -0.492. The molecule has 0 saturated carbocycles. The number of nitrogens with zero attached hydrogens (tertiary/aromatic N) is 2. The number of nitrogens with two attached hydrogens (primary N) is 1. The van der Waals surface area contributed by atoms with Crippen LogP contribution in [0.1, 0.15) is 47.4 Å². The molecule has 1 aliphatic heterocycles. The highest BCUT2D eigenvalue weighted by Crippen LogP contribution is 2.48. The van der Waals surface area contributed by atoms with Gasteiger partial charge in [0, 0.05) is 38.7 Å². The molecule has 2 aliphatic rings. The number of aryl methyl sites for hydroxylation is 1. The molecule has 1 heterocycles. The largest absolute Gasteiger partial charge is 0.384 e. The number of fused-ring (bicyclic) bond motifs is 1. The molecular weight excluding hydrogens is 546 g/mol. The van der Waals surface area contributed by atoms with Crippen molar-refractivity contribution in [2.45, 2.75) is 49.7 Å². The number of hydrogen-bond donors (Lipinski definition) is 1. The van der Waals surface area contributed by atoms with Crippen LogP contribution in [-0.2, 0) is 10.5 Å². The van der Waals surface area contributed by atoms with Gasteiger partial charge in [-0.2, -0.15) is 5.26 Å². The maximum Gasteiger partial charge on any atom is 0.161 e. The smallest absolute Gasteiger partial charge is 0.161 e. The van der Waals surface area contributed by atoms with Crippen LogP contribution in [0.4, 0.5) is 5.69 Å². The molecular formula is C35H30ClN3OS. The van der Waals surface area contributed by atoms with Gasteiger partial charge in [0.2, 0.25) is 0 Å². The second kappa shape index (κ2) is 11.1. The van der Waals surface area contributed by atoms with E-state index in [1.54, 1.807) is 11.8 Å². The van der Waals surface area contributed by atoms with E-state index in [9.17, 15) is 10.1 Å². The Labute approximate surface area is 250 Å². The van der Waals surface area contributed by atoms with Crippen LogP contribution in [0.2, 0.25) is 5.02 Å². The van der Waals surface area contributed by atoms with E-state index in [2.05, 4.69) is 50.2 Å². The number of thioether (sulfide) groups is 1. The molecule has 4 aromatic rings. The maximum atomic E-state index is 13.8. The van der Waals surface area contributed by atoms with Gasteiger partial charge in [-0.1, -0.05) is 65.7 Å². The third kappa shape index (κ3) is 4.92. The van der Waals surface area contributed by atoms with Gasteiger partial charge in [0.05, 0.1) is 23.2 Å². The number of anilines is 1. The van der Waals surface area contributed by atoms with Gasteiger partial charge in [0.1, 0.15) is 5.82 Å². The van der Waals surface area contributed by atoms with Crippen LogP contribution in [0.5, 0.6) is 0 Å². The van der Waals surface area contributed by atoms with Crippen LogP contribution in [0.25, 0.3) is 10.8 Å². The van der Waals surface area contributed by atoms with Gasteiger partial charge in [0.25, 0.3) is 0 Å². The SMILES string of the molecule is Cc1cc(CSc2ccc(Cl)cc2)c(C)c(C2C(C#N)=C(N)N(c3cccc4ccccc34)C3=C2C(=O)CCC3)c1. The first-order valence-corrected chi connectivity index (χ1v) is 15.2. The number of halogens is 1. The third-order valence-electron chi connectivity index (χ3n) is 8.14. The average Bonchev–Trinajstić information content (AvgIpc) is 2.98. The van der Waals surface area contributed by atoms with E-state index in [0.29, 0.717) is 28.4 Å². The normalized spacial score (nSPS) is 17.2. The standard InChI is InChI=1S/C35H30ClN3OS/c1-21-17-24(20-41-26-15-13-25(36)14-16-26)22(2)28(18-21)33-29(19-37)35(38)39(31-11-6-12-32(40)34(31)33)30-10-5-8-23-7-3-4-9-27(23)30/h3-5,7-10,13-18,33H,6,11-12,20,38H2,1-2H3. The van der Waals surface area contributed by atoms with E-state index < -0.39 is 5.92 Å². The van der Waals surface area contributed by atoms with E-state index in [1.165, 1.54) is 5.56 Å². The molecule has 4 aromatic carbocycles. The summed E-state index contributed by atoms with van der Waals surface area (Å²) in [5, 5.41) is 13.4. The fourth-order valence-electron chi connectivity index (χ4n) is 6.18. The monoisotopic (exact) mass is 575 g/mol. The Balaban J connectivity index is 1.50. The zero-order chi connectivity index (χ0) is 28.7. The van der Waals surface area contributed by atoms with E-state index in [4.69, 9.17) is 17.3 Å². The van der Waals surface area contributed by atoms with Crippen LogP contribution in [0, 0.1) is 25.2 Å². The molecule has 1 aliphatic carbocycles. The van der Waals surface area contributed by atoms with Crippen molar-refractivity contribution in [2.24, 2.45) is 5.73 Å². The molecule has 0 bridgehead atoms. The van der Waals surface area contributed by atoms with Crippen LogP contribution >= 0.6 is 23.4 Å². The number of carbonyl (C=O) groups is 1. The second-order valence-corrected chi connectivity index (χ2v) is 12.2. The molecule has 0 amide bonds. The summed E-state index contributed by atoms with van der Waals surface area (Å²) >= 11 is 7.82. The summed E-state index contributed by atoms with van der Waals surface area (Å²) in [7, 11) is 0. The molecule has 0 spiro atoms. The zero-order valence-corrected chi connectivity index (χ0v) is 24.6. The lowest BCUT2D eigenvalue weighted by Crippen LogP contribution is -2.39. The molecule has 6 heteroatoms. The number of carbonyl (C=O) groups excluding carboxylic acids is 1. The lowest BCUT2D eigenvalue weighted by Gasteiger charge is -2.40. The highest BCUT2D eigenvalue weighted by Gasteiger charge is 2.41. The first-order valence-electron chi connectivity index (χ1n) is 13.8. The van der Waals surface area contributed by atoms with Crippen LogP contribution in [0.15, 0.2) is 106 Å². The lowest BCUT2D eigenvalue weighted by atomic mass is 9.73. The van der Waals surface area contributed by atoms with Gasteiger partial charge in [-0.25, -0.2) is 0 Å². The molecule has 0 radical (unpaired) electrons. The lowest BCUT2D eigenvalue weighted by molar-refractivity contribution is -0.116. The summed E-state index contributed by atoms with van der Waals surface area (Å²) in [4.78, 5) is 16.9. The predicted octanol–water partition coefficient (Wildman–Crippen LogP) is 8.71. The van der Waals surface area contributed by atoms with Gasteiger partial charge in [-0.3, -0.25) is 9.69 Å².